The molecule has 1 aliphatic rings. The summed E-state index contributed by atoms with van der Waals surface area (Å²) in [5.41, 5.74) is 0.354. The zero-order valence-corrected chi connectivity index (χ0v) is 11.7. The number of aromatic nitrogens is 2. The highest BCUT2D eigenvalue weighted by molar-refractivity contribution is 7.10. The Morgan fingerprint density at radius 2 is 2.32 bits per heavy atom. The standard InChI is InChI=1S/C13H12ClN3OS/c14-12-8-15-9(7-16-12)13(18)17-5-1-3-10(17)11-4-2-6-19-11/h2,4,6-8,10H,1,3,5H2. The van der Waals surface area contributed by atoms with E-state index in [1.54, 1.807) is 11.3 Å². The summed E-state index contributed by atoms with van der Waals surface area (Å²) >= 11 is 7.38. The van der Waals surface area contributed by atoms with Crippen molar-refractivity contribution in [3.8, 4) is 0 Å². The average Bonchev–Trinajstić information content (AvgIpc) is 3.09. The fourth-order valence-corrected chi connectivity index (χ4v) is 3.33. The van der Waals surface area contributed by atoms with Crippen LogP contribution in [0.3, 0.4) is 0 Å². The number of carbonyl (C=O) groups is 1. The average molecular weight is 294 g/mol. The van der Waals surface area contributed by atoms with Crippen molar-refractivity contribution in [1.29, 1.82) is 0 Å². The number of amides is 1. The van der Waals surface area contributed by atoms with E-state index in [9.17, 15) is 4.79 Å². The Balaban J connectivity index is 1.84. The number of carbonyl (C=O) groups excluding carboxylic acids is 1. The summed E-state index contributed by atoms with van der Waals surface area (Å²) in [6, 6.07) is 4.27. The summed E-state index contributed by atoms with van der Waals surface area (Å²) in [6.07, 6.45) is 4.88. The molecule has 1 saturated heterocycles. The Hall–Kier alpha value is -1.46. The summed E-state index contributed by atoms with van der Waals surface area (Å²) in [7, 11) is 0. The first-order valence-corrected chi connectivity index (χ1v) is 7.33. The van der Waals surface area contributed by atoms with Crippen LogP contribution < -0.4 is 0 Å². The molecule has 1 atom stereocenters. The molecule has 1 fully saturated rings. The highest BCUT2D eigenvalue weighted by Crippen LogP contribution is 2.35. The van der Waals surface area contributed by atoms with Gasteiger partial charge < -0.3 is 4.90 Å². The normalized spacial score (nSPS) is 18.8. The molecule has 6 heteroatoms. The summed E-state index contributed by atoms with van der Waals surface area (Å²) < 4.78 is 0. The number of rotatable bonds is 2. The van der Waals surface area contributed by atoms with E-state index in [0.717, 1.165) is 19.4 Å². The van der Waals surface area contributed by atoms with E-state index in [0.29, 0.717) is 10.8 Å². The third-order valence-electron chi connectivity index (χ3n) is 3.22. The molecule has 2 aromatic rings. The molecule has 2 aromatic heterocycles. The predicted molar refractivity (Wildman–Crippen MR) is 74.4 cm³/mol. The van der Waals surface area contributed by atoms with Crippen molar-refractivity contribution >= 4 is 28.8 Å². The monoisotopic (exact) mass is 293 g/mol. The fourth-order valence-electron chi connectivity index (χ4n) is 2.36. The number of nitrogens with zero attached hydrogens (tertiary/aromatic N) is 3. The van der Waals surface area contributed by atoms with Gasteiger partial charge in [-0.25, -0.2) is 9.97 Å². The first-order valence-electron chi connectivity index (χ1n) is 6.07. The molecule has 0 aromatic carbocycles. The zero-order valence-electron chi connectivity index (χ0n) is 10.1. The molecule has 0 aliphatic carbocycles. The smallest absolute Gasteiger partial charge is 0.274 e. The molecule has 0 radical (unpaired) electrons. The molecule has 0 spiro atoms. The second-order valence-corrected chi connectivity index (χ2v) is 5.76. The molecule has 0 saturated carbocycles. The van der Waals surface area contributed by atoms with E-state index < -0.39 is 0 Å². The van der Waals surface area contributed by atoms with Gasteiger partial charge in [-0.3, -0.25) is 4.79 Å². The lowest BCUT2D eigenvalue weighted by Crippen LogP contribution is -2.30. The molecule has 19 heavy (non-hydrogen) atoms. The van der Waals surface area contributed by atoms with Crippen LogP contribution in [0, 0.1) is 0 Å². The first-order chi connectivity index (χ1) is 9.25. The minimum Gasteiger partial charge on any atom is -0.329 e. The summed E-state index contributed by atoms with van der Waals surface area (Å²) in [4.78, 5) is 23.5. The second kappa shape index (κ2) is 5.27. The summed E-state index contributed by atoms with van der Waals surface area (Å²) in [6.45, 7) is 0.770. The third-order valence-corrected chi connectivity index (χ3v) is 4.39. The van der Waals surface area contributed by atoms with Gasteiger partial charge in [0.1, 0.15) is 10.8 Å². The van der Waals surface area contributed by atoms with Crippen LogP contribution in [0.1, 0.15) is 34.2 Å². The van der Waals surface area contributed by atoms with Crippen LogP contribution in [0.25, 0.3) is 0 Å². The Morgan fingerprint density at radius 1 is 1.42 bits per heavy atom. The largest absolute Gasteiger partial charge is 0.329 e. The lowest BCUT2D eigenvalue weighted by atomic mass is 10.2. The minimum absolute atomic E-state index is 0.0694. The van der Waals surface area contributed by atoms with E-state index in [-0.39, 0.29) is 11.9 Å². The topological polar surface area (TPSA) is 46.1 Å². The molecule has 98 valence electrons. The van der Waals surface area contributed by atoms with Gasteiger partial charge in [0.05, 0.1) is 18.4 Å². The quantitative estimate of drug-likeness (QED) is 0.854. The Kier molecular flexibility index (Phi) is 3.48. The molecule has 1 aliphatic heterocycles. The van der Waals surface area contributed by atoms with Crippen molar-refractivity contribution in [2.75, 3.05) is 6.54 Å². The van der Waals surface area contributed by atoms with Crippen molar-refractivity contribution in [1.82, 2.24) is 14.9 Å². The van der Waals surface area contributed by atoms with Gasteiger partial charge in [-0.2, -0.15) is 0 Å². The fraction of sp³-hybridized carbons (Fsp3) is 0.308. The van der Waals surface area contributed by atoms with Crippen LogP contribution in [-0.4, -0.2) is 27.3 Å². The van der Waals surface area contributed by atoms with E-state index in [4.69, 9.17) is 11.6 Å². The molecule has 0 N–H and O–H groups in total. The van der Waals surface area contributed by atoms with Crippen molar-refractivity contribution in [3.05, 3.63) is 45.6 Å². The van der Waals surface area contributed by atoms with E-state index in [2.05, 4.69) is 16.0 Å². The van der Waals surface area contributed by atoms with E-state index in [1.807, 2.05) is 16.3 Å². The molecular formula is C13H12ClN3OS. The molecule has 1 amide bonds. The van der Waals surface area contributed by atoms with Gasteiger partial charge >= 0.3 is 0 Å². The zero-order chi connectivity index (χ0) is 13.2. The third kappa shape index (κ3) is 2.48. The number of likely N-dealkylation sites (tertiary alicyclic amines) is 1. The van der Waals surface area contributed by atoms with Gasteiger partial charge in [-0.15, -0.1) is 11.3 Å². The molecule has 3 rings (SSSR count). The number of halogens is 1. The predicted octanol–water partition coefficient (Wildman–Crippen LogP) is 3.17. The van der Waals surface area contributed by atoms with Gasteiger partial charge in [0.2, 0.25) is 0 Å². The number of hydrogen-bond acceptors (Lipinski definition) is 4. The minimum atomic E-state index is -0.0694. The van der Waals surface area contributed by atoms with E-state index >= 15 is 0 Å². The molecule has 0 bridgehead atoms. The number of thiophene rings is 1. The van der Waals surface area contributed by atoms with Crippen LogP contribution in [0.5, 0.6) is 0 Å². The maximum Gasteiger partial charge on any atom is 0.274 e. The van der Waals surface area contributed by atoms with Crippen LogP contribution in [-0.2, 0) is 0 Å². The first kappa shape index (κ1) is 12.6. The molecule has 3 heterocycles. The highest BCUT2D eigenvalue weighted by Gasteiger charge is 2.31. The number of hydrogen-bond donors (Lipinski definition) is 0. The van der Waals surface area contributed by atoms with Crippen LogP contribution in [0.4, 0.5) is 0 Å². The Labute approximate surface area is 120 Å². The van der Waals surface area contributed by atoms with Crippen molar-refractivity contribution in [2.45, 2.75) is 18.9 Å². The lowest BCUT2D eigenvalue weighted by Gasteiger charge is -2.23. The van der Waals surface area contributed by atoms with E-state index in [1.165, 1.54) is 17.3 Å². The molecule has 1 unspecified atom stereocenters. The Bertz CT molecular complexity index is 570. The summed E-state index contributed by atoms with van der Waals surface area (Å²) in [5, 5.41) is 2.34. The SMILES string of the molecule is O=C(c1cnc(Cl)cn1)N1CCCC1c1cccs1. The van der Waals surface area contributed by atoms with Gasteiger partial charge in [0, 0.05) is 11.4 Å². The molecular weight excluding hydrogens is 282 g/mol. The summed E-state index contributed by atoms with van der Waals surface area (Å²) in [5.74, 6) is -0.0694. The lowest BCUT2D eigenvalue weighted by molar-refractivity contribution is 0.0731. The van der Waals surface area contributed by atoms with Gasteiger partial charge in [0.25, 0.3) is 5.91 Å². The van der Waals surface area contributed by atoms with Crippen LogP contribution in [0.2, 0.25) is 5.15 Å². The Morgan fingerprint density at radius 3 is 3.00 bits per heavy atom. The van der Waals surface area contributed by atoms with Gasteiger partial charge in [0.15, 0.2) is 0 Å². The highest BCUT2D eigenvalue weighted by atomic mass is 35.5. The maximum atomic E-state index is 12.4. The molecule has 4 nitrogen and oxygen atoms in total. The van der Waals surface area contributed by atoms with Gasteiger partial charge in [-0.05, 0) is 24.3 Å². The van der Waals surface area contributed by atoms with Crippen molar-refractivity contribution in [2.24, 2.45) is 0 Å². The van der Waals surface area contributed by atoms with Gasteiger partial charge in [-0.1, -0.05) is 17.7 Å². The van der Waals surface area contributed by atoms with Crippen molar-refractivity contribution in [3.63, 3.8) is 0 Å². The van der Waals surface area contributed by atoms with Crippen molar-refractivity contribution < 1.29 is 4.79 Å². The second-order valence-electron chi connectivity index (χ2n) is 4.40. The maximum absolute atomic E-state index is 12.4. The van der Waals surface area contributed by atoms with Crippen LogP contribution >= 0.6 is 22.9 Å². The van der Waals surface area contributed by atoms with Crippen LogP contribution in [0.15, 0.2) is 29.9 Å².